The molecule has 0 aliphatic heterocycles. The van der Waals surface area contributed by atoms with Crippen molar-refractivity contribution in [3.63, 3.8) is 0 Å². The van der Waals surface area contributed by atoms with Gasteiger partial charge in [-0.1, -0.05) is 49.7 Å². The van der Waals surface area contributed by atoms with Crippen LogP contribution >= 0.6 is 11.6 Å². The van der Waals surface area contributed by atoms with E-state index in [0.29, 0.717) is 48.7 Å². The van der Waals surface area contributed by atoms with Crippen LogP contribution in [0.3, 0.4) is 0 Å². The fraction of sp³-hybridized carbons (Fsp3) is 0.345. The number of fused-ring (bicyclic) bond motifs is 1. The van der Waals surface area contributed by atoms with Gasteiger partial charge in [-0.05, 0) is 43.3 Å². The second-order valence-electron chi connectivity index (χ2n) is 9.81. The Morgan fingerprint density at radius 1 is 1.10 bits per heavy atom. The molecule has 0 atom stereocenters. The van der Waals surface area contributed by atoms with Gasteiger partial charge in [0.2, 0.25) is 0 Å². The molecule has 0 fully saturated rings. The lowest BCUT2D eigenvalue weighted by Crippen LogP contribution is -2.22. The molecule has 0 bridgehead atoms. The molecule has 4 aromatic rings. The van der Waals surface area contributed by atoms with E-state index in [1.807, 2.05) is 60.2 Å². The average Bonchev–Trinajstić information content (AvgIpc) is 3.32. The molecular weight excluding hydrogens is 518 g/mol. The first-order chi connectivity index (χ1) is 18.8. The van der Waals surface area contributed by atoms with Gasteiger partial charge in [0.15, 0.2) is 5.82 Å². The molecule has 9 nitrogen and oxygen atoms in total. The smallest absolute Gasteiger partial charge is 0.158 e. The highest BCUT2D eigenvalue weighted by Gasteiger charge is 2.22. The number of aromatic nitrogens is 3. The number of ether oxygens (including phenoxy) is 2. The normalized spacial score (nSPS) is 12.1. The molecule has 4 rings (SSSR count). The van der Waals surface area contributed by atoms with Crippen LogP contribution in [0.2, 0.25) is 5.02 Å². The molecule has 0 radical (unpaired) electrons. The Kier molecular flexibility index (Phi) is 9.40. The van der Waals surface area contributed by atoms with Gasteiger partial charge >= 0.3 is 0 Å². The summed E-state index contributed by atoms with van der Waals surface area (Å²) in [6, 6.07) is 15.1. The highest BCUT2D eigenvalue weighted by molar-refractivity contribution is 6.32. The Morgan fingerprint density at radius 3 is 2.69 bits per heavy atom. The van der Waals surface area contributed by atoms with E-state index in [1.54, 1.807) is 6.07 Å². The molecule has 0 spiro atoms. The predicted molar refractivity (Wildman–Crippen MR) is 154 cm³/mol. The summed E-state index contributed by atoms with van der Waals surface area (Å²) in [5.74, 6) is 1.81. The minimum absolute atomic E-state index is 0.00558. The Hall–Kier alpha value is -3.66. The first kappa shape index (κ1) is 28.4. The molecule has 0 aliphatic carbocycles. The highest BCUT2D eigenvalue weighted by atomic mass is 35.5. The molecule has 206 valence electrons. The fourth-order valence-corrected chi connectivity index (χ4v) is 4.24. The van der Waals surface area contributed by atoms with E-state index in [2.05, 4.69) is 41.2 Å². The van der Waals surface area contributed by atoms with Crippen LogP contribution in [0.4, 0.5) is 11.5 Å². The lowest BCUT2D eigenvalue weighted by atomic mass is 9.85. The van der Waals surface area contributed by atoms with Crippen molar-refractivity contribution in [1.82, 2.24) is 14.5 Å². The number of nitrogens with one attached hydrogen (secondary N) is 1. The van der Waals surface area contributed by atoms with E-state index >= 15 is 0 Å². The molecule has 2 heterocycles. The summed E-state index contributed by atoms with van der Waals surface area (Å²) in [5, 5.41) is 17.1. The van der Waals surface area contributed by atoms with E-state index in [-0.39, 0.29) is 12.0 Å². The van der Waals surface area contributed by atoms with E-state index in [0.717, 1.165) is 28.0 Å². The van der Waals surface area contributed by atoms with Gasteiger partial charge < -0.3 is 29.3 Å². The standard InChI is InChI=1S/C29H34ClN5O4/c1-5-38-34-27(29(2,3)4)20-7-6-8-22(17-20)39-25-10-9-21(18-23(25)30)33-28-26-24(31-19-32-28)11-12-35(26)13-15-37-16-14-36/h6-12,17-19,36H,5,13-16H2,1-4H3,(H,31,32,33)/b34-27-. The number of hydrogen-bond donors (Lipinski definition) is 2. The van der Waals surface area contributed by atoms with E-state index in [1.165, 1.54) is 6.33 Å². The number of rotatable bonds is 12. The van der Waals surface area contributed by atoms with Crippen LogP contribution in [0.5, 0.6) is 11.5 Å². The van der Waals surface area contributed by atoms with Gasteiger partial charge in [-0.15, -0.1) is 0 Å². The SMILES string of the molecule is CCO/N=C(/c1cccc(Oc2ccc(Nc3ncnc4ccn(CCOCCO)c34)cc2Cl)c1)C(C)(C)C. The fourth-order valence-electron chi connectivity index (χ4n) is 4.02. The van der Waals surface area contributed by atoms with E-state index in [4.69, 9.17) is 31.0 Å². The second kappa shape index (κ2) is 12.9. The number of aliphatic hydroxyl groups excluding tert-OH is 1. The minimum Gasteiger partial charge on any atom is -0.456 e. The lowest BCUT2D eigenvalue weighted by molar-refractivity contribution is 0.0875. The minimum atomic E-state index is -0.211. The van der Waals surface area contributed by atoms with Gasteiger partial charge in [-0.2, -0.15) is 0 Å². The number of benzene rings is 2. The summed E-state index contributed by atoms with van der Waals surface area (Å²) in [7, 11) is 0. The zero-order valence-corrected chi connectivity index (χ0v) is 23.4. The zero-order valence-electron chi connectivity index (χ0n) is 22.6. The van der Waals surface area contributed by atoms with Crippen molar-refractivity contribution < 1.29 is 19.4 Å². The summed E-state index contributed by atoms with van der Waals surface area (Å²) >= 11 is 6.63. The largest absolute Gasteiger partial charge is 0.456 e. The monoisotopic (exact) mass is 551 g/mol. The first-order valence-corrected chi connectivity index (χ1v) is 13.2. The van der Waals surface area contributed by atoms with Crippen LogP contribution in [0.25, 0.3) is 11.0 Å². The van der Waals surface area contributed by atoms with Crippen LogP contribution in [0.1, 0.15) is 33.3 Å². The molecule has 2 aromatic carbocycles. The Balaban J connectivity index is 1.52. The Morgan fingerprint density at radius 2 is 1.95 bits per heavy atom. The summed E-state index contributed by atoms with van der Waals surface area (Å²) in [4.78, 5) is 14.2. The van der Waals surface area contributed by atoms with Gasteiger partial charge in [-0.25, -0.2) is 9.97 Å². The van der Waals surface area contributed by atoms with Gasteiger partial charge in [0.05, 0.1) is 36.1 Å². The molecule has 2 N–H and O–H groups in total. The van der Waals surface area contributed by atoms with E-state index < -0.39 is 0 Å². The maximum Gasteiger partial charge on any atom is 0.158 e. The second-order valence-corrected chi connectivity index (χ2v) is 10.2. The van der Waals surface area contributed by atoms with Gasteiger partial charge in [0, 0.05) is 29.4 Å². The van der Waals surface area contributed by atoms with E-state index in [9.17, 15) is 0 Å². The van der Waals surface area contributed by atoms with Crippen molar-refractivity contribution in [2.75, 3.05) is 31.7 Å². The third-order valence-electron chi connectivity index (χ3n) is 5.79. The van der Waals surface area contributed by atoms with Gasteiger partial charge in [-0.3, -0.25) is 0 Å². The summed E-state index contributed by atoms with van der Waals surface area (Å²) in [5.41, 5.74) is 3.95. The quantitative estimate of drug-likeness (QED) is 0.119. The molecule has 0 aliphatic rings. The topological polar surface area (TPSA) is 103 Å². The number of aliphatic hydroxyl groups is 1. The maximum atomic E-state index is 8.93. The van der Waals surface area contributed by atoms with Crippen molar-refractivity contribution >= 4 is 39.9 Å². The molecule has 2 aromatic heterocycles. The van der Waals surface area contributed by atoms with Crippen molar-refractivity contribution in [2.24, 2.45) is 10.6 Å². The van der Waals surface area contributed by atoms with Crippen molar-refractivity contribution in [2.45, 2.75) is 34.2 Å². The molecular formula is C29H34ClN5O4. The van der Waals surface area contributed by atoms with Crippen LogP contribution in [0, 0.1) is 5.41 Å². The van der Waals surface area contributed by atoms with Crippen molar-refractivity contribution in [1.29, 1.82) is 0 Å². The molecule has 0 amide bonds. The third-order valence-corrected chi connectivity index (χ3v) is 6.08. The number of halogens is 1. The highest BCUT2D eigenvalue weighted by Crippen LogP contribution is 2.34. The number of nitrogens with zero attached hydrogens (tertiary/aromatic N) is 4. The summed E-state index contributed by atoms with van der Waals surface area (Å²) in [6.45, 7) is 10.0. The molecule has 0 unspecified atom stereocenters. The number of anilines is 2. The van der Waals surface area contributed by atoms with Crippen LogP contribution in [0.15, 0.2) is 66.2 Å². The average molecular weight is 552 g/mol. The van der Waals surface area contributed by atoms with Crippen molar-refractivity contribution in [3.05, 3.63) is 71.6 Å². The number of oxime groups is 1. The molecule has 10 heteroatoms. The Labute approximate surface area is 233 Å². The summed E-state index contributed by atoms with van der Waals surface area (Å²) < 4.78 is 13.6. The van der Waals surface area contributed by atoms with Crippen LogP contribution in [-0.4, -0.2) is 51.8 Å². The summed E-state index contributed by atoms with van der Waals surface area (Å²) in [6.07, 6.45) is 3.46. The number of hydrogen-bond acceptors (Lipinski definition) is 8. The van der Waals surface area contributed by atoms with Crippen LogP contribution in [-0.2, 0) is 16.1 Å². The predicted octanol–water partition coefficient (Wildman–Crippen LogP) is 6.42. The van der Waals surface area contributed by atoms with Gasteiger partial charge in [0.25, 0.3) is 0 Å². The van der Waals surface area contributed by atoms with Gasteiger partial charge in [0.1, 0.15) is 29.9 Å². The van der Waals surface area contributed by atoms with Crippen LogP contribution < -0.4 is 10.1 Å². The lowest BCUT2D eigenvalue weighted by Gasteiger charge is -2.21. The molecule has 39 heavy (non-hydrogen) atoms. The Bertz CT molecular complexity index is 1430. The first-order valence-electron chi connectivity index (χ1n) is 12.8. The zero-order chi connectivity index (χ0) is 27.8. The molecule has 0 saturated heterocycles. The van der Waals surface area contributed by atoms with Crippen molar-refractivity contribution in [3.8, 4) is 11.5 Å². The maximum absolute atomic E-state index is 8.93. The molecule has 0 saturated carbocycles. The third kappa shape index (κ3) is 7.26.